The van der Waals surface area contributed by atoms with Gasteiger partial charge in [0.1, 0.15) is 17.2 Å². The van der Waals surface area contributed by atoms with Crippen molar-refractivity contribution in [3.63, 3.8) is 0 Å². The summed E-state index contributed by atoms with van der Waals surface area (Å²) < 4.78 is 10.4. The summed E-state index contributed by atoms with van der Waals surface area (Å²) in [5, 5.41) is 3.07. The molecule has 0 aromatic heterocycles. The third kappa shape index (κ3) is 3.40. The zero-order chi connectivity index (χ0) is 17.0. The number of ether oxygens (including phenoxy) is 2. The lowest BCUT2D eigenvalue weighted by atomic mass is 9.82. The van der Waals surface area contributed by atoms with E-state index < -0.39 is 11.9 Å². The number of rotatable bonds is 5. The van der Waals surface area contributed by atoms with Crippen LogP contribution in [0, 0.1) is 0 Å². The predicted octanol–water partition coefficient (Wildman–Crippen LogP) is 2.87. The fourth-order valence-electron chi connectivity index (χ4n) is 2.57. The van der Waals surface area contributed by atoms with Crippen LogP contribution in [0.4, 0.5) is 0 Å². The van der Waals surface area contributed by atoms with Crippen LogP contribution in [0.5, 0.6) is 5.75 Å². The lowest BCUT2D eigenvalue weighted by molar-refractivity contribution is -0.138. The van der Waals surface area contributed by atoms with Crippen LogP contribution in [0.25, 0.3) is 0 Å². The molecule has 1 aromatic rings. The molecule has 0 spiro atoms. The van der Waals surface area contributed by atoms with Crippen LogP contribution >= 0.6 is 11.6 Å². The maximum Gasteiger partial charge on any atom is 0.336 e. The van der Waals surface area contributed by atoms with Crippen molar-refractivity contribution < 1.29 is 19.1 Å². The highest BCUT2D eigenvalue weighted by atomic mass is 35.5. The number of allylic oxidation sites excluding steroid dienone is 2. The Morgan fingerprint density at radius 1 is 1.43 bits per heavy atom. The minimum Gasteiger partial charge on any atom is -0.497 e. The Hall–Kier alpha value is -2.27. The van der Waals surface area contributed by atoms with Crippen LogP contribution in [0.1, 0.15) is 25.3 Å². The first kappa shape index (κ1) is 17.1. The number of aldehydes is 1. The van der Waals surface area contributed by atoms with Crippen LogP contribution < -0.4 is 10.1 Å². The van der Waals surface area contributed by atoms with Crippen molar-refractivity contribution in [2.24, 2.45) is 0 Å². The average Bonchev–Trinajstić information content (AvgIpc) is 2.54. The monoisotopic (exact) mass is 335 g/mol. The first-order chi connectivity index (χ1) is 11.0. The fraction of sp³-hybridized carbons (Fsp3) is 0.294. The van der Waals surface area contributed by atoms with Gasteiger partial charge in [-0.25, -0.2) is 4.79 Å². The Balaban J connectivity index is 2.60. The number of hydrogen-bond donors (Lipinski definition) is 1. The van der Waals surface area contributed by atoms with E-state index in [1.54, 1.807) is 39.2 Å². The minimum atomic E-state index is -0.601. The summed E-state index contributed by atoms with van der Waals surface area (Å²) in [5.41, 5.74) is 1.94. The average molecular weight is 336 g/mol. The minimum absolute atomic E-state index is 0.207. The molecule has 0 amide bonds. The van der Waals surface area contributed by atoms with Gasteiger partial charge in [-0.2, -0.15) is 0 Å². The highest BCUT2D eigenvalue weighted by Gasteiger charge is 2.34. The molecule has 1 aliphatic heterocycles. The van der Waals surface area contributed by atoms with Crippen molar-refractivity contribution in [2.45, 2.75) is 19.8 Å². The number of esters is 1. The molecule has 1 heterocycles. The maximum atomic E-state index is 12.4. The molecule has 0 aliphatic carbocycles. The molecule has 1 unspecified atom stereocenters. The SMILES string of the molecule is CCOC(=O)C1=C(C)NC(Cl)=C(C=O)C1c1cccc(OC)c1. The molecule has 0 saturated carbocycles. The number of hydrogen-bond acceptors (Lipinski definition) is 5. The highest BCUT2D eigenvalue weighted by molar-refractivity contribution is 6.31. The van der Waals surface area contributed by atoms with E-state index in [9.17, 15) is 9.59 Å². The summed E-state index contributed by atoms with van der Waals surface area (Å²) in [7, 11) is 1.55. The van der Waals surface area contributed by atoms with Gasteiger partial charge in [0.15, 0.2) is 0 Å². The van der Waals surface area contributed by atoms with Crippen LogP contribution in [0.15, 0.2) is 46.3 Å². The van der Waals surface area contributed by atoms with E-state index in [0.717, 1.165) is 5.56 Å². The molecule has 2 rings (SSSR count). The Morgan fingerprint density at radius 2 is 2.17 bits per heavy atom. The normalized spacial score (nSPS) is 17.7. The second-order valence-corrected chi connectivity index (χ2v) is 5.36. The van der Waals surface area contributed by atoms with E-state index in [-0.39, 0.29) is 17.3 Å². The van der Waals surface area contributed by atoms with Crippen molar-refractivity contribution in [1.82, 2.24) is 5.32 Å². The largest absolute Gasteiger partial charge is 0.497 e. The zero-order valence-corrected chi connectivity index (χ0v) is 13.9. The summed E-state index contributed by atoms with van der Waals surface area (Å²) in [4.78, 5) is 23.9. The third-order valence-corrected chi connectivity index (χ3v) is 3.92. The molecule has 6 heteroatoms. The van der Waals surface area contributed by atoms with Crippen molar-refractivity contribution in [2.75, 3.05) is 13.7 Å². The van der Waals surface area contributed by atoms with Gasteiger partial charge >= 0.3 is 5.97 Å². The molecule has 0 fully saturated rings. The molecule has 0 bridgehead atoms. The molecule has 0 saturated heterocycles. The maximum absolute atomic E-state index is 12.4. The van der Waals surface area contributed by atoms with Crippen molar-refractivity contribution in [3.05, 3.63) is 51.8 Å². The molecular formula is C17H18ClNO4. The van der Waals surface area contributed by atoms with Gasteiger partial charge in [-0.3, -0.25) is 4.79 Å². The lowest BCUT2D eigenvalue weighted by Gasteiger charge is -2.28. The Bertz CT molecular complexity index is 694. The lowest BCUT2D eigenvalue weighted by Crippen LogP contribution is -2.29. The van der Waals surface area contributed by atoms with E-state index in [0.29, 0.717) is 23.3 Å². The third-order valence-electron chi connectivity index (χ3n) is 3.60. The Kier molecular flexibility index (Phi) is 5.45. The fourth-order valence-corrected chi connectivity index (χ4v) is 2.87. The zero-order valence-electron chi connectivity index (χ0n) is 13.2. The van der Waals surface area contributed by atoms with Crippen LogP contribution in [0.2, 0.25) is 0 Å². The Labute approximate surface area is 139 Å². The molecule has 122 valence electrons. The molecule has 5 nitrogen and oxygen atoms in total. The van der Waals surface area contributed by atoms with E-state index in [1.807, 2.05) is 6.07 Å². The Morgan fingerprint density at radius 3 is 2.78 bits per heavy atom. The van der Waals surface area contributed by atoms with Crippen molar-refractivity contribution >= 4 is 23.9 Å². The number of carbonyl (C=O) groups excluding carboxylic acids is 2. The predicted molar refractivity (Wildman–Crippen MR) is 87.1 cm³/mol. The van der Waals surface area contributed by atoms with Crippen molar-refractivity contribution in [1.29, 1.82) is 0 Å². The van der Waals surface area contributed by atoms with Gasteiger partial charge in [0, 0.05) is 17.2 Å². The van der Waals surface area contributed by atoms with E-state index in [2.05, 4.69) is 5.32 Å². The summed E-state index contributed by atoms with van der Waals surface area (Å²) in [6.07, 6.45) is 0.658. The van der Waals surface area contributed by atoms with Gasteiger partial charge in [-0.1, -0.05) is 23.7 Å². The first-order valence-corrected chi connectivity index (χ1v) is 7.55. The molecule has 1 aliphatic rings. The quantitative estimate of drug-likeness (QED) is 0.509. The van der Waals surface area contributed by atoms with Crippen LogP contribution in [0.3, 0.4) is 0 Å². The van der Waals surface area contributed by atoms with Gasteiger partial charge in [0.05, 0.1) is 19.3 Å². The summed E-state index contributed by atoms with van der Waals surface area (Å²) in [6.45, 7) is 3.70. The van der Waals surface area contributed by atoms with Gasteiger partial charge in [0.25, 0.3) is 0 Å². The molecule has 1 aromatic carbocycles. The number of benzene rings is 1. The van der Waals surface area contributed by atoms with Crippen LogP contribution in [-0.4, -0.2) is 26.0 Å². The number of nitrogens with one attached hydrogen (secondary N) is 1. The van der Waals surface area contributed by atoms with Gasteiger partial charge < -0.3 is 14.8 Å². The molecule has 1 N–H and O–H groups in total. The number of dihydropyridines is 1. The van der Waals surface area contributed by atoms with E-state index in [4.69, 9.17) is 21.1 Å². The molecule has 0 radical (unpaired) electrons. The number of carbonyl (C=O) groups is 2. The molecule has 1 atom stereocenters. The topological polar surface area (TPSA) is 64.6 Å². The second-order valence-electron chi connectivity index (χ2n) is 4.98. The molecule has 23 heavy (non-hydrogen) atoms. The van der Waals surface area contributed by atoms with Gasteiger partial charge in [-0.05, 0) is 31.5 Å². The summed E-state index contributed by atoms with van der Waals surface area (Å²) in [5.74, 6) is -0.451. The summed E-state index contributed by atoms with van der Waals surface area (Å²) >= 11 is 6.16. The van der Waals surface area contributed by atoms with Gasteiger partial charge in [-0.15, -0.1) is 0 Å². The van der Waals surface area contributed by atoms with Crippen LogP contribution in [-0.2, 0) is 14.3 Å². The number of methoxy groups -OCH3 is 1. The standard InChI is InChI=1S/C17H18ClNO4/c1-4-23-17(21)14-10(2)19-16(18)13(9-20)15(14)11-6-5-7-12(8-11)22-3/h5-9,15,19H,4H2,1-3H3. The van der Waals surface area contributed by atoms with Crippen molar-refractivity contribution in [3.8, 4) is 5.75 Å². The van der Waals surface area contributed by atoms with E-state index >= 15 is 0 Å². The number of halogens is 1. The summed E-state index contributed by atoms with van der Waals surface area (Å²) in [6, 6.07) is 7.18. The van der Waals surface area contributed by atoms with Gasteiger partial charge in [0.2, 0.25) is 0 Å². The highest BCUT2D eigenvalue weighted by Crippen LogP contribution is 2.39. The second kappa shape index (κ2) is 7.33. The smallest absolute Gasteiger partial charge is 0.336 e. The van der Waals surface area contributed by atoms with E-state index in [1.165, 1.54) is 0 Å². The molecular weight excluding hydrogens is 318 g/mol. The first-order valence-electron chi connectivity index (χ1n) is 7.17.